The first kappa shape index (κ1) is 12.9. The van der Waals surface area contributed by atoms with Crippen LogP contribution in [0.15, 0.2) is 0 Å². The summed E-state index contributed by atoms with van der Waals surface area (Å²) < 4.78 is 4.81. The second-order valence-electron chi connectivity index (χ2n) is 3.78. The predicted octanol–water partition coefficient (Wildman–Crippen LogP) is -1.38. The van der Waals surface area contributed by atoms with Crippen LogP contribution in [0.2, 0.25) is 0 Å². The molecular formula is C10H19N3O3. The van der Waals surface area contributed by atoms with Gasteiger partial charge in [0.15, 0.2) is 0 Å². The number of carbonyl (C=O) groups excluding carboxylic acids is 2. The third kappa shape index (κ3) is 5.09. The van der Waals surface area contributed by atoms with Crippen molar-refractivity contribution >= 4 is 11.8 Å². The Bertz CT molecular complexity index is 245. The number of hydrogen-bond acceptors (Lipinski definition) is 4. The molecule has 1 heterocycles. The van der Waals surface area contributed by atoms with Crippen molar-refractivity contribution in [2.45, 2.75) is 18.9 Å². The molecule has 6 heteroatoms. The highest BCUT2D eigenvalue weighted by atomic mass is 16.5. The topological polar surface area (TPSA) is 79.5 Å². The summed E-state index contributed by atoms with van der Waals surface area (Å²) >= 11 is 0. The normalized spacial score (nSPS) is 19.6. The highest BCUT2D eigenvalue weighted by Crippen LogP contribution is 2.04. The molecule has 0 aromatic heterocycles. The Morgan fingerprint density at radius 2 is 2.44 bits per heavy atom. The van der Waals surface area contributed by atoms with E-state index in [1.807, 2.05) is 0 Å². The molecule has 1 fully saturated rings. The molecule has 0 bridgehead atoms. The summed E-state index contributed by atoms with van der Waals surface area (Å²) in [7, 11) is 1.59. The molecule has 1 aliphatic rings. The first-order chi connectivity index (χ1) is 7.72. The van der Waals surface area contributed by atoms with Crippen LogP contribution in [0.25, 0.3) is 0 Å². The summed E-state index contributed by atoms with van der Waals surface area (Å²) in [4.78, 5) is 22.1. The molecule has 1 saturated heterocycles. The molecular weight excluding hydrogens is 210 g/mol. The van der Waals surface area contributed by atoms with Crippen molar-refractivity contribution in [1.29, 1.82) is 0 Å². The molecule has 6 nitrogen and oxygen atoms in total. The fourth-order valence-electron chi connectivity index (χ4n) is 1.55. The molecule has 0 aromatic carbocycles. The summed E-state index contributed by atoms with van der Waals surface area (Å²) in [6.07, 6.45) is 1.43. The van der Waals surface area contributed by atoms with Gasteiger partial charge in [0.2, 0.25) is 11.8 Å². The zero-order chi connectivity index (χ0) is 11.8. The number of carbonyl (C=O) groups is 2. The Balaban J connectivity index is 1.98. The third-order valence-corrected chi connectivity index (χ3v) is 2.39. The first-order valence-electron chi connectivity index (χ1n) is 5.48. The monoisotopic (exact) mass is 229 g/mol. The molecule has 16 heavy (non-hydrogen) atoms. The van der Waals surface area contributed by atoms with Crippen LogP contribution in [-0.2, 0) is 14.3 Å². The van der Waals surface area contributed by atoms with Crippen molar-refractivity contribution in [3.63, 3.8) is 0 Å². The number of methoxy groups -OCH3 is 1. The highest BCUT2D eigenvalue weighted by Gasteiger charge is 2.19. The molecule has 0 aliphatic carbocycles. The minimum atomic E-state index is -0.0543. The van der Waals surface area contributed by atoms with E-state index in [1.165, 1.54) is 0 Å². The second kappa shape index (κ2) is 7.19. The summed E-state index contributed by atoms with van der Waals surface area (Å²) in [5.74, 6) is 0.0396. The van der Waals surface area contributed by atoms with Gasteiger partial charge >= 0.3 is 0 Å². The first-order valence-corrected chi connectivity index (χ1v) is 5.48. The SMILES string of the molecule is COCCNC(=O)CNCC1CCC(=O)N1. The second-order valence-corrected chi connectivity index (χ2v) is 3.78. The van der Waals surface area contributed by atoms with E-state index in [2.05, 4.69) is 16.0 Å². The maximum Gasteiger partial charge on any atom is 0.234 e. The van der Waals surface area contributed by atoms with E-state index in [0.717, 1.165) is 6.42 Å². The van der Waals surface area contributed by atoms with E-state index < -0.39 is 0 Å². The Kier molecular flexibility index (Phi) is 5.81. The van der Waals surface area contributed by atoms with Gasteiger partial charge < -0.3 is 20.7 Å². The van der Waals surface area contributed by atoms with Gasteiger partial charge in [-0.1, -0.05) is 0 Å². The Hall–Kier alpha value is -1.14. The van der Waals surface area contributed by atoms with E-state index in [9.17, 15) is 9.59 Å². The minimum absolute atomic E-state index is 0.0543. The number of nitrogens with one attached hydrogen (secondary N) is 3. The molecule has 0 radical (unpaired) electrons. The molecule has 0 spiro atoms. The van der Waals surface area contributed by atoms with Crippen molar-refractivity contribution in [3.05, 3.63) is 0 Å². The van der Waals surface area contributed by atoms with Crippen molar-refractivity contribution in [1.82, 2.24) is 16.0 Å². The van der Waals surface area contributed by atoms with E-state index in [-0.39, 0.29) is 24.4 Å². The van der Waals surface area contributed by atoms with Crippen LogP contribution in [0.3, 0.4) is 0 Å². The predicted molar refractivity (Wildman–Crippen MR) is 58.9 cm³/mol. The van der Waals surface area contributed by atoms with Crippen LogP contribution < -0.4 is 16.0 Å². The number of rotatable bonds is 7. The van der Waals surface area contributed by atoms with Gasteiger partial charge in [0.25, 0.3) is 0 Å². The largest absolute Gasteiger partial charge is 0.383 e. The van der Waals surface area contributed by atoms with Gasteiger partial charge in [-0.05, 0) is 6.42 Å². The lowest BCUT2D eigenvalue weighted by atomic mass is 10.2. The quantitative estimate of drug-likeness (QED) is 0.470. The van der Waals surface area contributed by atoms with E-state index >= 15 is 0 Å². The number of ether oxygens (including phenoxy) is 1. The average molecular weight is 229 g/mol. The molecule has 1 aliphatic heterocycles. The van der Waals surface area contributed by atoms with Crippen LogP contribution in [0.4, 0.5) is 0 Å². The molecule has 0 aromatic rings. The van der Waals surface area contributed by atoms with Gasteiger partial charge in [-0.3, -0.25) is 9.59 Å². The van der Waals surface area contributed by atoms with Crippen molar-refractivity contribution in [2.75, 3.05) is 33.4 Å². The van der Waals surface area contributed by atoms with Crippen LogP contribution in [0, 0.1) is 0 Å². The van der Waals surface area contributed by atoms with Crippen LogP contribution >= 0.6 is 0 Å². The van der Waals surface area contributed by atoms with Gasteiger partial charge in [-0.25, -0.2) is 0 Å². The minimum Gasteiger partial charge on any atom is -0.383 e. The lowest BCUT2D eigenvalue weighted by Crippen LogP contribution is -2.41. The van der Waals surface area contributed by atoms with Crippen molar-refractivity contribution in [2.24, 2.45) is 0 Å². The molecule has 1 unspecified atom stereocenters. The fourth-order valence-corrected chi connectivity index (χ4v) is 1.55. The maximum absolute atomic E-state index is 11.2. The zero-order valence-corrected chi connectivity index (χ0v) is 9.54. The maximum atomic E-state index is 11.2. The van der Waals surface area contributed by atoms with Crippen molar-refractivity contribution < 1.29 is 14.3 Å². The lowest BCUT2D eigenvalue weighted by molar-refractivity contribution is -0.120. The number of hydrogen-bond donors (Lipinski definition) is 3. The summed E-state index contributed by atoms with van der Waals surface area (Å²) in [6, 6.07) is 0.166. The standard InChI is InChI=1S/C10H19N3O3/c1-16-5-4-12-10(15)7-11-6-8-2-3-9(14)13-8/h8,11H,2-7H2,1H3,(H,12,15)(H,13,14). The Morgan fingerprint density at radius 3 is 3.06 bits per heavy atom. The van der Waals surface area contributed by atoms with Gasteiger partial charge in [-0.2, -0.15) is 0 Å². The Morgan fingerprint density at radius 1 is 1.62 bits per heavy atom. The van der Waals surface area contributed by atoms with Gasteiger partial charge in [0.05, 0.1) is 13.2 Å². The van der Waals surface area contributed by atoms with E-state index in [4.69, 9.17) is 4.74 Å². The van der Waals surface area contributed by atoms with Gasteiger partial charge in [0, 0.05) is 32.7 Å². The third-order valence-electron chi connectivity index (χ3n) is 2.39. The summed E-state index contributed by atoms with van der Waals surface area (Å²) in [6.45, 7) is 1.96. The van der Waals surface area contributed by atoms with E-state index in [0.29, 0.717) is 26.1 Å². The molecule has 3 N–H and O–H groups in total. The molecule has 92 valence electrons. The zero-order valence-electron chi connectivity index (χ0n) is 9.54. The molecule has 2 amide bonds. The van der Waals surface area contributed by atoms with Crippen LogP contribution in [0.1, 0.15) is 12.8 Å². The van der Waals surface area contributed by atoms with Gasteiger partial charge in [-0.15, -0.1) is 0 Å². The smallest absolute Gasteiger partial charge is 0.234 e. The highest BCUT2D eigenvalue weighted by molar-refractivity contribution is 5.79. The summed E-state index contributed by atoms with van der Waals surface area (Å²) in [5, 5.41) is 8.54. The lowest BCUT2D eigenvalue weighted by Gasteiger charge is -2.11. The fraction of sp³-hybridized carbons (Fsp3) is 0.800. The Labute approximate surface area is 95.1 Å². The molecule has 0 saturated carbocycles. The molecule has 1 rings (SSSR count). The number of amides is 2. The van der Waals surface area contributed by atoms with Crippen molar-refractivity contribution in [3.8, 4) is 0 Å². The van der Waals surface area contributed by atoms with Crippen LogP contribution in [0.5, 0.6) is 0 Å². The summed E-state index contributed by atoms with van der Waals surface area (Å²) in [5.41, 5.74) is 0. The molecule has 1 atom stereocenters. The van der Waals surface area contributed by atoms with Crippen LogP contribution in [-0.4, -0.2) is 51.2 Å². The average Bonchev–Trinajstić information content (AvgIpc) is 2.65. The van der Waals surface area contributed by atoms with E-state index in [1.54, 1.807) is 7.11 Å². The van der Waals surface area contributed by atoms with Gasteiger partial charge in [0.1, 0.15) is 0 Å².